The number of hydrogen-bond donors (Lipinski definition) is 0. The molecule has 0 N–H and O–H groups in total. The lowest BCUT2D eigenvalue weighted by Crippen LogP contribution is -2.21. The molecule has 6 heteroatoms. The van der Waals surface area contributed by atoms with Crippen LogP contribution < -0.4 is 0 Å². The maximum atomic E-state index is 6.22. The van der Waals surface area contributed by atoms with E-state index in [0.717, 1.165) is 29.6 Å². The fraction of sp³-hybridized carbons (Fsp3) is 0.364. The number of amidine groups is 1. The molecule has 90 valence electrons. The van der Waals surface area contributed by atoms with Crippen LogP contribution in [0.15, 0.2) is 17.1 Å². The van der Waals surface area contributed by atoms with Gasteiger partial charge in [0.05, 0.1) is 21.1 Å². The van der Waals surface area contributed by atoms with Gasteiger partial charge in [-0.25, -0.2) is 0 Å². The summed E-state index contributed by atoms with van der Waals surface area (Å²) in [4.78, 5) is 6.96. The first kappa shape index (κ1) is 12.0. The average molecular weight is 308 g/mol. The molecule has 0 bridgehead atoms. The molecular weight excluding hydrogens is 299 g/mol. The minimum Gasteiger partial charge on any atom is -0.348 e. The lowest BCUT2D eigenvalue weighted by atomic mass is 10.1. The van der Waals surface area contributed by atoms with Gasteiger partial charge in [-0.3, -0.25) is 4.99 Å². The van der Waals surface area contributed by atoms with Crippen LogP contribution in [0, 0.1) is 0 Å². The molecule has 1 aromatic rings. The minimum atomic E-state index is 0.0834. The van der Waals surface area contributed by atoms with Crippen LogP contribution in [0.3, 0.4) is 0 Å². The third kappa shape index (κ3) is 2.03. The molecule has 2 heterocycles. The highest BCUT2D eigenvalue weighted by Crippen LogP contribution is 2.40. The number of thioether (sulfide) groups is 1. The van der Waals surface area contributed by atoms with Crippen LogP contribution in [-0.2, 0) is 0 Å². The van der Waals surface area contributed by atoms with Crippen LogP contribution in [0.5, 0.6) is 0 Å². The number of nitrogens with zero attached hydrogens (tertiary/aromatic N) is 2. The summed E-state index contributed by atoms with van der Waals surface area (Å²) in [5, 5.41) is 2.56. The second kappa shape index (κ2) is 4.54. The van der Waals surface area contributed by atoms with Crippen molar-refractivity contribution >= 4 is 51.7 Å². The van der Waals surface area contributed by atoms with Crippen molar-refractivity contribution in [3.8, 4) is 0 Å². The third-order valence-corrected chi connectivity index (χ3v) is 5.26. The Kier molecular flexibility index (Phi) is 3.20. The second-order valence-corrected chi connectivity index (χ2v) is 6.21. The summed E-state index contributed by atoms with van der Waals surface area (Å²) in [6.45, 7) is 1.96. The van der Waals surface area contributed by atoms with E-state index in [1.165, 1.54) is 0 Å². The number of hydrogen-bond acceptors (Lipinski definition) is 3. The van der Waals surface area contributed by atoms with Crippen molar-refractivity contribution in [3.63, 3.8) is 0 Å². The minimum absolute atomic E-state index is 0.0834. The molecule has 0 amide bonds. The number of benzene rings is 1. The molecule has 1 fully saturated rings. The zero-order valence-corrected chi connectivity index (χ0v) is 11.9. The van der Waals surface area contributed by atoms with Crippen LogP contribution in [0.2, 0.25) is 15.1 Å². The van der Waals surface area contributed by atoms with Crippen molar-refractivity contribution in [3.05, 3.63) is 32.8 Å². The van der Waals surface area contributed by atoms with Gasteiger partial charge < -0.3 is 4.90 Å². The maximum absolute atomic E-state index is 6.22. The molecule has 0 aromatic heterocycles. The lowest BCUT2D eigenvalue weighted by molar-refractivity contribution is 0.464. The van der Waals surface area contributed by atoms with Crippen LogP contribution in [0.1, 0.15) is 11.6 Å². The SMILES string of the molecule is Clc1ccc(C2CN3CCSC3=N2)c(Cl)c1Cl. The normalized spacial score (nSPS) is 22.9. The largest absolute Gasteiger partial charge is 0.348 e. The molecule has 0 spiro atoms. The Balaban J connectivity index is 1.96. The zero-order chi connectivity index (χ0) is 12.0. The fourth-order valence-electron chi connectivity index (χ4n) is 2.07. The molecule has 1 saturated heterocycles. The van der Waals surface area contributed by atoms with Crippen molar-refractivity contribution in [1.29, 1.82) is 0 Å². The van der Waals surface area contributed by atoms with Gasteiger partial charge in [0.25, 0.3) is 0 Å². The smallest absolute Gasteiger partial charge is 0.160 e. The third-order valence-electron chi connectivity index (χ3n) is 2.95. The van der Waals surface area contributed by atoms with E-state index in [-0.39, 0.29) is 6.04 Å². The van der Waals surface area contributed by atoms with E-state index in [2.05, 4.69) is 9.89 Å². The first-order chi connectivity index (χ1) is 8.16. The molecule has 2 nitrogen and oxygen atoms in total. The molecule has 3 rings (SSSR count). The zero-order valence-electron chi connectivity index (χ0n) is 8.79. The topological polar surface area (TPSA) is 15.6 Å². The number of fused-ring (bicyclic) bond motifs is 1. The molecule has 2 aliphatic rings. The van der Waals surface area contributed by atoms with E-state index in [9.17, 15) is 0 Å². The molecule has 17 heavy (non-hydrogen) atoms. The summed E-state index contributed by atoms with van der Waals surface area (Å²) in [5.74, 6) is 1.13. The van der Waals surface area contributed by atoms with Gasteiger partial charge in [0, 0.05) is 18.8 Å². The van der Waals surface area contributed by atoms with Gasteiger partial charge in [0.2, 0.25) is 0 Å². The number of halogens is 3. The Hall–Kier alpha value is -0.0900. The molecule has 2 aliphatic heterocycles. The van der Waals surface area contributed by atoms with Gasteiger partial charge in [-0.1, -0.05) is 52.6 Å². The van der Waals surface area contributed by atoms with Crippen molar-refractivity contribution in [2.75, 3.05) is 18.8 Å². The monoisotopic (exact) mass is 306 g/mol. The Labute approximate surface area is 119 Å². The number of rotatable bonds is 1. The summed E-state index contributed by atoms with van der Waals surface area (Å²) >= 11 is 20.0. The Morgan fingerprint density at radius 2 is 2.06 bits per heavy atom. The van der Waals surface area contributed by atoms with Gasteiger partial charge in [0.1, 0.15) is 0 Å². The summed E-state index contributed by atoms with van der Waals surface area (Å²) in [6.07, 6.45) is 0. The van der Waals surface area contributed by atoms with E-state index < -0.39 is 0 Å². The highest BCUT2D eigenvalue weighted by Gasteiger charge is 2.31. The quantitative estimate of drug-likeness (QED) is 0.726. The molecule has 1 atom stereocenters. The fourth-order valence-corrected chi connectivity index (χ4v) is 3.78. The van der Waals surface area contributed by atoms with Gasteiger partial charge in [-0.15, -0.1) is 0 Å². The van der Waals surface area contributed by atoms with Gasteiger partial charge in [0.15, 0.2) is 5.17 Å². The molecular formula is C11H9Cl3N2S. The van der Waals surface area contributed by atoms with Crippen molar-refractivity contribution in [2.45, 2.75) is 6.04 Å². The molecule has 0 aliphatic carbocycles. The van der Waals surface area contributed by atoms with Crippen LogP contribution in [0.25, 0.3) is 0 Å². The molecule has 0 radical (unpaired) electrons. The summed E-state index contributed by atoms with van der Waals surface area (Å²) in [5.41, 5.74) is 0.962. The Morgan fingerprint density at radius 3 is 2.82 bits per heavy atom. The van der Waals surface area contributed by atoms with Crippen molar-refractivity contribution < 1.29 is 0 Å². The Bertz CT molecular complexity index is 504. The predicted molar refractivity (Wildman–Crippen MR) is 75.7 cm³/mol. The van der Waals surface area contributed by atoms with Gasteiger partial charge in [-0.2, -0.15) is 0 Å². The summed E-state index contributed by atoms with van der Waals surface area (Å²) in [6, 6.07) is 3.78. The van der Waals surface area contributed by atoms with Gasteiger partial charge in [-0.05, 0) is 11.6 Å². The van der Waals surface area contributed by atoms with Gasteiger partial charge >= 0.3 is 0 Å². The molecule has 1 unspecified atom stereocenters. The van der Waals surface area contributed by atoms with E-state index in [1.807, 2.05) is 6.07 Å². The van der Waals surface area contributed by atoms with Crippen LogP contribution in [0.4, 0.5) is 0 Å². The highest BCUT2D eigenvalue weighted by atomic mass is 35.5. The average Bonchev–Trinajstić information content (AvgIpc) is 2.86. The molecule has 0 saturated carbocycles. The lowest BCUT2D eigenvalue weighted by Gasteiger charge is -2.14. The Morgan fingerprint density at radius 1 is 1.24 bits per heavy atom. The maximum Gasteiger partial charge on any atom is 0.160 e. The van der Waals surface area contributed by atoms with E-state index in [4.69, 9.17) is 34.8 Å². The van der Waals surface area contributed by atoms with E-state index >= 15 is 0 Å². The number of aliphatic imine (C=N–C) groups is 1. The summed E-state index contributed by atoms with van der Waals surface area (Å²) < 4.78 is 0. The van der Waals surface area contributed by atoms with Crippen LogP contribution >= 0.6 is 46.6 Å². The van der Waals surface area contributed by atoms with Crippen molar-refractivity contribution in [2.24, 2.45) is 4.99 Å². The molecule has 1 aromatic carbocycles. The van der Waals surface area contributed by atoms with Crippen molar-refractivity contribution in [1.82, 2.24) is 4.90 Å². The van der Waals surface area contributed by atoms with E-state index in [1.54, 1.807) is 17.8 Å². The highest BCUT2D eigenvalue weighted by molar-refractivity contribution is 8.14. The first-order valence-corrected chi connectivity index (χ1v) is 7.37. The van der Waals surface area contributed by atoms with E-state index in [0.29, 0.717) is 15.1 Å². The first-order valence-electron chi connectivity index (χ1n) is 5.26. The predicted octanol–water partition coefficient (Wildman–Crippen LogP) is 4.11. The second-order valence-electron chi connectivity index (χ2n) is 3.99. The van der Waals surface area contributed by atoms with Crippen LogP contribution in [-0.4, -0.2) is 28.9 Å². The standard InChI is InChI=1S/C11H9Cl3N2S/c12-7-2-1-6(9(13)10(7)14)8-5-16-3-4-17-11(16)15-8/h1-2,8H,3-5H2. The summed E-state index contributed by atoms with van der Waals surface area (Å²) in [7, 11) is 0.